The fourth-order valence-corrected chi connectivity index (χ4v) is 2.45. The lowest BCUT2D eigenvalue weighted by molar-refractivity contribution is -0.139. The molecule has 0 unspecified atom stereocenters. The van der Waals surface area contributed by atoms with E-state index >= 15 is 0 Å². The predicted octanol–water partition coefficient (Wildman–Crippen LogP) is 2.10. The maximum atomic E-state index is 11.2. The molecule has 1 aromatic carbocycles. The summed E-state index contributed by atoms with van der Waals surface area (Å²) >= 11 is 0. The Hall–Kier alpha value is -2.60. The molecular weight excluding hydrogens is 292 g/mol. The van der Waals surface area contributed by atoms with Gasteiger partial charge in [0.05, 0.1) is 24.9 Å². The van der Waals surface area contributed by atoms with Gasteiger partial charge >= 0.3 is 5.97 Å². The Labute approximate surface area is 134 Å². The standard InChI is InChI=1S/C17H18N4O2/c1-23-16(22)11-19-10-15-13-6-2-3-7-14(13)20-17(21-15)12-5-4-8-18-9-12/h2-3,6-9,19H,4-5,10-11H2,1H3. The van der Waals surface area contributed by atoms with Crippen molar-refractivity contribution >= 4 is 28.7 Å². The number of ether oxygens (including phenoxy) is 1. The molecule has 0 atom stereocenters. The Kier molecular flexibility index (Phi) is 4.73. The van der Waals surface area contributed by atoms with Crippen molar-refractivity contribution in [1.29, 1.82) is 0 Å². The molecule has 0 radical (unpaired) electrons. The summed E-state index contributed by atoms with van der Waals surface area (Å²) in [7, 11) is 1.37. The number of para-hydroxylation sites is 1. The molecule has 0 saturated carbocycles. The van der Waals surface area contributed by atoms with Gasteiger partial charge < -0.3 is 10.1 Å². The number of allylic oxidation sites excluding steroid dienone is 1. The summed E-state index contributed by atoms with van der Waals surface area (Å²) in [6.45, 7) is 0.624. The van der Waals surface area contributed by atoms with E-state index in [9.17, 15) is 4.79 Å². The van der Waals surface area contributed by atoms with Crippen LogP contribution in [0.15, 0.2) is 35.5 Å². The summed E-state index contributed by atoms with van der Waals surface area (Å²) in [6, 6.07) is 7.87. The molecule has 2 heterocycles. The molecular formula is C17H18N4O2. The van der Waals surface area contributed by atoms with Gasteiger partial charge in [-0.1, -0.05) is 18.2 Å². The highest BCUT2D eigenvalue weighted by Gasteiger charge is 2.12. The Morgan fingerprint density at radius 2 is 2.17 bits per heavy atom. The highest BCUT2D eigenvalue weighted by molar-refractivity contribution is 5.83. The lowest BCUT2D eigenvalue weighted by Crippen LogP contribution is -2.24. The molecule has 118 valence electrons. The van der Waals surface area contributed by atoms with E-state index in [4.69, 9.17) is 0 Å². The van der Waals surface area contributed by atoms with Crippen molar-refractivity contribution < 1.29 is 9.53 Å². The zero-order chi connectivity index (χ0) is 16.1. The van der Waals surface area contributed by atoms with Crippen LogP contribution >= 0.6 is 0 Å². The molecule has 0 fully saturated rings. The number of benzene rings is 1. The zero-order valence-electron chi connectivity index (χ0n) is 13.0. The number of methoxy groups -OCH3 is 1. The number of aliphatic imine (C=N–C) groups is 1. The van der Waals surface area contributed by atoms with Crippen LogP contribution in [0.3, 0.4) is 0 Å². The van der Waals surface area contributed by atoms with Crippen molar-refractivity contribution in [3.05, 3.63) is 42.0 Å². The zero-order valence-corrected chi connectivity index (χ0v) is 13.0. The lowest BCUT2D eigenvalue weighted by atomic mass is 10.1. The van der Waals surface area contributed by atoms with Crippen molar-refractivity contribution in [2.45, 2.75) is 19.4 Å². The fourth-order valence-electron chi connectivity index (χ4n) is 2.45. The molecule has 6 nitrogen and oxygen atoms in total. The third-order valence-corrected chi connectivity index (χ3v) is 3.64. The van der Waals surface area contributed by atoms with Gasteiger partial charge in [-0.3, -0.25) is 9.79 Å². The molecule has 6 heteroatoms. The van der Waals surface area contributed by atoms with Crippen LogP contribution in [-0.2, 0) is 16.1 Å². The van der Waals surface area contributed by atoms with Gasteiger partial charge in [0.15, 0.2) is 5.82 Å². The van der Waals surface area contributed by atoms with Gasteiger partial charge in [0, 0.05) is 29.9 Å². The summed E-state index contributed by atoms with van der Waals surface area (Å²) in [5, 5.41) is 4.04. The van der Waals surface area contributed by atoms with Gasteiger partial charge in [-0.05, 0) is 18.9 Å². The first kappa shape index (κ1) is 15.3. The molecule has 3 rings (SSSR count). The van der Waals surface area contributed by atoms with E-state index in [1.54, 1.807) is 0 Å². The molecule has 2 aromatic rings. The first-order chi connectivity index (χ1) is 11.3. The van der Waals surface area contributed by atoms with E-state index in [-0.39, 0.29) is 12.5 Å². The number of esters is 1. The van der Waals surface area contributed by atoms with Gasteiger partial charge in [0.2, 0.25) is 0 Å². The Morgan fingerprint density at radius 3 is 2.96 bits per heavy atom. The topological polar surface area (TPSA) is 76.5 Å². The maximum Gasteiger partial charge on any atom is 0.319 e. The Balaban J connectivity index is 1.92. The number of aromatic nitrogens is 2. The number of carbonyl (C=O) groups excluding carboxylic acids is 1. The first-order valence-corrected chi connectivity index (χ1v) is 7.52. The largest absolute Gasteiger partial charge is 0.468 e. The van der Waals surface area contributed by atoms with Crippen LogP contribution in [0.1, 0.15) is 24.4 Å². The highest BCUT2D eigenvalue weighted by atomic mass is 16.5. The molecule has 0 amide bonds. The van der Waals surface area contributed by atoms with Crippen molar-refractivity contribution in [2.24, 2.45) is 4.99 Å². The average molecular weight is 310 g/mol. The van der Waals surface area contributed by atoms with Crippen LogP contribution in [0.5, 0.6) is 0 Å². The number of rotatable bonds is 5. The van der Waals surface area contributed by atoms with E-state index in [0.29, 0.717) is 12.4 Å². The molecule has 23 heavy (non-hydrogen) atoms. The van der Waals surface area contributed by atoms with E-state index in [0.717, 1.165) is 35.0 Å². The van der Waals surface area contributed by atoms with Gasteiger partial charge in [-0.15, -0.1) is 0 Å². The van der Waals surface area contributed by atoms with Crippen LogP contribution in [-0.4, -0.2) is 35.8 Å². The van der Waals surface area contributed by atoms with E-state index < -0.39 is 0 Å². The molecule has 1 N–H and O–H groups in total. The summed E-state index contributed by atoms with van der Waals surface area (Å²) in [5.74, 6) is 0.406. The Morgan fingerprint density at radius 1 is 1.30 bits per heavy atom. The number of hydrogen-bond acceptors (Lipinski definition) is 6. The SMILES string of the molecule is COC(=O)CNCc1nc(C2=CN=CCC2)nc2ccccc12. The van der Waals surface area contributed by atoms with Gasteiger partial charge in [-0.2, -0.15) is 0 Å². The molecule has 0 bridgehead atoms. The smallest absolute Gasteiger partial charge is 0.319 e. The quantitative estimate of drug-likeness (QED) is 0.856. The van der Waals surface area contributed by atoms with Crippen LogP contribution < -0.4 is 5.32 Å². The normalized spacial score (nSPS) is 13.9. The van der Waals surface area contributed by atoms with Crippen molar-refractivity contribution in [2.75, 3.05) is 13.7 Å². The molecule has 1 aliphatic heterocycles. The van der Waals surface area contributed by atoms with Crippen LogP contribution in [0, 0.1) is 0 Å². The van der Waals surface area contributed by atoms with E-state index in [1.807, 2.05) is 36.7 Å². The molecule has 0 saturated heterocycles. The summed E-state index contributed by atoms with van der Waals surface area (Å²) in [5.41, 5.74) is 2.79. The van der Waals surface area contributed by atoms with Crippen LogP contribution in [0.4, 0.5) is 0 Å². The third-order valence-electron chi connectivity index (χ3n) is 3.64. The monoisotopic (exact) mass is 310 g/mol. The summed E-state index contributed by atoms with van der Waals surface area (Å²) < 4.78 is 4.64. The minimum atomic E-state index is -0.298. The number of fused-ring (bicyclic) bond motifs is 1. The second-order valence-electron chi connectivity index (χ2n) is 5.22. The van der Waals surface area contributed by atoms with Gasteiger partial charge in [-0.25, -0.2) is 9.97 Å². The second-order valence-corrected chi connectivity index (χ2v) is 5.22. The van der Waals surface area contributed by atoms with Crippen molar-refractivity contribution in [3.63, 3.8) is 0 Å². The van der Waals surface area contributed by atoms with Gasteiger partial charge in [0.1, 0.15) is 0 Å². The van der Waals surface area contributed by atoms with Crippen LogP contribution in [0.2, 0.25) is 0 Å². The summed E-state index contributed by atoms with van der Waals surface area (Å²) in [6.07, 6.45) is 5.50. The molecule has 1 aliphatic rings. The fraction of sp³-hybridized carbons (Fsp3) is 0.294. The van der Waals surface area contributed by atoms with Gasteiger partial charge in [0.25, 0.3) is 0 Å². The predicted molar refractivity (Wildman–Crippen MR) is 89.0 cm³/mol. The average Bonchev–Trinajstić information content (AvgIpc) is 2.62. The minimum absolute atomic E-state index is 0.150. The second kappa shape index (κ2) is 7.11. The third kappa shape index (κ3) is 3.60. The van der Waals surface area contributed by atoms with Crippen LogP contribution in [0.25, 0.3) is 16.5 Å². The number of nitrogens with zero attached hydrogens (tertiary/aromatic N) is 3. The highest BCUT2D eigenvalue weighted by Crippen LogP contribution is 2.23. The lowest BCUT2D eigenvalue weighted by Gasteiger charge is -2.12. The van der Waals surface area contributed by atoms with E-state index in [1.165, 1.54) is 7.11 Å². The minimum Gasteiger partial charge on any atom is -0.468 e. The maximum absolute atomic E-state index is 11.2. The summed E-state index contributed by atoms with van der Waals surface area (Å²) in [4.78, 5) is 24.8. The molecule has 0 aliphatic carbocycles. The Bertz CT molecular complexity index is 783. The number of carbonyl (C=O) groups is 1. The van der Waals surface area contributed by atoms with Crippen molar-refractivity contribution in [1.82, 2.24) is 15.3 Å². The first-order valence-electron chi connectivity index (χ1n) is 7.52. The molecule has 1 aromatic heterocycles. The number of hydrogen-bond donors (Lipinski definition) is 1. The van der Waals surface area contributed by atoms with E-state index in [2.05, 4.69) is 25.0 Å². The molecule has 0 spiro atoms. The number of nitrogens with one attached hydrogen (secondary N) is 1. The van der Waals surface area contributed by atoms with Crippen molar-refractivity contribution in [3.8, 4) is 0 Å².